The monoisotopic (exact) mass is 491 g/mol. The molecule has 28 heavy (non-hydrogen) atoms. The van der Waals surface area contributed by atoms with Crippen molar-refractivity contribution in [3.63, 3.8) is 0 Å². The van der Waals surface area contributed by atoms with E-state index in [0.29, 0.717) is 6.54 Å². The molecule has 1 aliphatic rings. The molecule has 1 aromatic heterocycles. The fraction of sp³-hybridized carbons (Fsp3) is 0.333. The number of rotatable bonds is 4. The molecule has 7 heteroatoms. The number of nitrogens with one attached hydrogen (secondary N) is 1. The molecule has 1 aliphatic heterocycles. The number of hydrogen-bond acceptors (Lipinski definition) is 4. The van der Waals surface area contributed by atoms with Crippen molar-refractivity contribution in [2.24, 2.45) is 4.99 Å². The summed E-state index contributed by atoms with van der Waals surface area (Å²) in [7, 11) is 1.83. The lowest BCUT2D eigenvalue weighted by molar-refractivity contribution is 0.173. The van der Waals surface area contributed by atoms with Crippen LogP contribution in [0.25, 0.3) is 10.8 Å². The number of piperazine rings is 1. The van der Waals surface area contributed by atoms with Gasteiger partial charge in [0.05, 0.1) is 6.54 Å². The second-order valence-electron chi connectivity index (χ2n) is 6.79. The molecular weight excluding hydrogens is 465 g/mol. The van der Waals surface area contributed by atoms with Crippen LogP contribution in [0, 0.1) is 0 Å². The van der Waals surface area contributed by atoms with E-state index >= 15 is 0 Å². The highest BCUT2D eigenvalue weighted by atomic mass is 127. The maximum Gasteiger partial charge on any atom is 0.194 e. The highest BCUT2D eigenvalue weighted by Gasteiger charge is 2.20. The van der Waals surface area contributed by atoms with Crippen LogP contribution < -0.4 is 5.32 Å². The molecule has 3 aromatic rings. The minimum atomic E-state index is 0. The molecule has 2 heterocycles. The SMILES string of the molecule is CN=C(NCc1ccon1)N1CCN(Cc2cccc3ccccc23)CC1.I. The van der Waals surface area contributed by atoms with Gasteiger partial charge in [-0.2, -0.15) is 0 Å². The van der Waals surface area contributed by atoms with E-state index < -0.39 is 0 Å². The summed E-state index contributed by atoms with van der Waals surface area (Å²) >= 11 is 0. The van der Waals surface area contributed by atoms with Gasteiger partial charge in [0.25, 0.3) is 0 Å². The normalized spacial score (nSPS) is 15.5. The topological polar surface area (TPSA) is 56.9 Å². The Hall–Kier alpha value is -2.13. The van der Waals surface area contributed by atoms with Gasteiger partial charge in [0.15, 0.2) is 5.96 Å². The largest absolute Gasteiger partial charge is 0.364 e. The lowest BCUT2D eigenvalue weighted by Gasteiger charge is -2.36. The highest BCUT2D eigenvalue weighted by molar-refractivity contribution is 14.0. The fourth-order valence-electron chi connectivity index (χ4n) is 3.62. The van der Waals surface area contributed by atoms with Crippen LogP contribution in [-0.4, -0.2) is 54.1 Å². The Labute approximate surface area is 182 Å². The molecule has 6 nitrogen and oxygen atoms in total. The predicted octanol–water partition coefficient (Wildman–Crippen LogP) is 3.34. The average Bonchev–Trinajstić information content (AvgIpc) is 3.23. The molecule has 0 bridgehead atoms. The van der Waals surface area contributed by atoms with E-state index in [1.54, 1.807) is 6.26 Å². The Bertz CT molecular complexity index is 899. The van der Waals surface area contributed by atoms with Crippen molar-refractivity contribution >= 4 is 40.7 Å². The van der Waals surface area contributed by atoms with Crippen molar-refractivity contribution in [3.8, 4) is 0 Å². The summed E-state index contributed by atoms with van der Waals surface area (Å²) in [6.07, 6.45) is 1.59. The van der Waals surface area contributed by atoms with Gasteiger partial charge in [0, 0.05) is 45.8 Å². The predicted molar refractivity (Wildman–Crippen MR) is 123 cm³/mol. The van der Waals surface area contributed by atoms with E-state index in [2.05, 4.69) is 67.7 Å². The van der Waals surface area contributed by atoms with Crippen LogP contribution in [0.2, 0.25) is 0 Å². The van der Waals surface area contributed by atoms with E-state index in [1.807, 2.05) is 13.1 Å². The first kappa shape index (κ1) is 20.6. The first-order valence-corrected chi connectivity index (χ1v) is 9.37. The molecule has 0 atom stereocenters. The third-order valence-corrected chi connectivity index (χ3v) is 5.08. The highest BCUT2D eigenvalue weighted by Crippen LogP contribution is 2.20. The molecule has 148 valence electrons. The molecule has 1 fully saturated rings. The fourth-order valence-corrected chi connectivity index (χ4v) is 3.62. The summed E-state index contributed by atoms with van der Waals surface area (Å²) in [4.78, 5) is 9.24. The maximum atomic E-state index is 4.88. The number of nitrogens with zero attached hydrogens (tertiary/aromatic N) is 4. The van der Waals surface area contributed by atoms with Gasteiger partial charge in [-0.15, -0.1) is 24.0 Å². The minimum absolute atomic E-state index is 0. The molecule has 1 N–H and O–H groups in total. The quantitative estimate of drug-likeness (QED) is 0.345. The van der Waals surface area contributed by atoms with Crippen LogP contribution in [-0.2, 0) is 13.1 Å². The van der Waals surface area contributed by atoms with Crippen molar-refractivity contribution in [1.29, 1.82) is 0 Å². The van der Waals surface area contributed by atoms with Crippen molar-refractivity contribution in [2.75, 3.05) is 33.2 Å². The van der Waals surface area contributed by atoms with Crippen LogP contribution in [0.1, 0.15) is 11.3 Å². The van der Waals surface area contributed by atoms with E-state index in [9.17, 15) is 0 Å². The number of benzene rings is 2. The molecule has 1 saturated heterocycles. The van der Waals surface area contributed by atoms with Gasteiger partial charge in [-0.1, -0.05) is 47.6 Å². The first-order chi connectivity index (χ1) is 13.3. The number of aromatic nitrogens is 1. The summed E-state index contributed by atoms with van der Waals surface area (Å²) in [5, 5.41) is 9.96. The van der Waals surface area contributed by atoms with Gasteiger partial charge in [-0.05, 0) is 16.3 Å². The van der Waals surface area contributed by atoms with Crippen molar-refractivity contribution < 1.29 is 4.52 Å². The van der Waals surface area contributed by atoms with Gasteiger partial charge in [0.2, 0.25) is 0 Å². The van der Waals surface area contributed by atoms with E-state index in [4.69, 9.17) is 4.52 Å². The van der Waals surface area contributed by atoms with Crippen LogP contribution >= 0.6 is 24.0 Å². The Kier molecular flexibility index (Phi) is 7.27. The lowest BCUT2D eigenvalue weighted by Crippen LogP contribution is -2.52. The second-order valence-corrected chi connectivity index (χ2v) is 6.79. The van der Waals surface area contributed by atoms with E-state index in [0.717, 1.165) is 44.4 Å². The summed E-state index contributed by atoms with van der Waals surface area (Å²) < 4.78 is 4.88. The van der Waals surface area contributed by atoms with Crippen LogP contribution in [0.5, 0.6) is 0 Å². The number of fused-ring (bicyclic) bond motifs is 1. The van der Waals surface area contributed by atoms with E-state index in [-0.39, 0.29) is 24.0 Å². The molecule has 0 radical (unpaired) electrons. The lowest BCUT2D eigenvalue weighted by atomic mass is 10.0. The van der Waals surface area contributed by atoms with Crippen molar-refractivity contribution in [1.82, 2.24) is 20.3 Å². The first-order valence-electron chi connectivity index (χ1n) is 9.37. The smallest absolute Gasteiger partial charge is 0.194 e. The molecule has 2 aromatic carbocycles. The summed E-state index contributed by atoms with van der Waals surface area (Å²) in [6, 6.07) is 17.1. The third-order valence-electron chi connectivity index (χ3n) is 5.08. The zero-order valence-electron chi connectivity index (χ0n) is 16.0. The van der Waals surface area contributed by atoms with Crippen molar-refractivity contribution in [3.05, 3.63) is 66.1 Å². The minimum Gasteiger partial charge on any atom is -0.364 e. The Balaban J connectivity index is 0.00000225. The molecule has 0 aliphatic carbocycles. The Morgan fingerprint density at radius 3 is 2.61 bits per heavy atom. The third kappa shape index (κ3) is 4.82. The maximum absolute atomic E-state index is 4.88. The standard InChI is InChI=1S/C21H25N5O.HI/c1-22-21(23-15-19-9-14-27-24-19)26-12-10-25(11-13-26)16-18-7-4-6-17-5-2-3-8-20(17)18;/h2-9,14H,10-13,15-16H2,1H3,(H,22,23);1H. The molecule has 0 unspecified atom stereocenters. The number of guanidine groups is 1. The molecule has 0 spiro atoms. The van der Waals surface area contributed by atoms with Gasteiger partial charge in [0.1, 0.15) is 12.0 Å². The van der Waals surface area contributed by atoms with Crippen LogP contribution in [0.4, 0.5) is 0 Å². The second kappa shape index (κ2) is 9.88. The zero-order valence-corrected chi connectivity index (χ0v) is 18.4. The molecular formula is C21H26IN5O. The van der Waals surface area contributed by atoms with Gasteiger partial charge >= 0.3 is 0 Å². The Morgan fingerprint density at radius 2 is 1.86 bits per heavy atom. The number of aliphatic imine (C=N–C) groups is 1. The van der Waals surface area contributed by atoms with E-state index in [1.165, 1.54) is 16.3 Å². The number of halogens is 1. The van der Waals surface area contributed by atoms with Gasteiger partial charge in [-0.3, -0.25) is 9.89 Å². The van der Waals surface area contributed by atoms with Gasteiger partial charge in [-0.25, -0.2) is 0 Å². The summed E-state index contributed by atoms with van der Waals surface area (Å²) in [5.74, 6) is 0.919. The van der Waals surface area contributed by atoms with Crippen LogP contribution in [0.15, 0.2) is 64.3 Å². The summed E-state index contributed by atoms with van der Waals surface area (Å²) in [5.41, 5.74) is 2.28. The Morgan fingerprint density at radius 1 is 1.07 bits per heavy atom. The molecule has 4 rings (SSSR count). The number of hydrogen-bond donors (Lipinski definition) is 1. The summed E-state index contributed by atoms with van der Waals surface area (Å²) in [6.45, 7) is 5.58. The molecule has 0 saturated carbocycles. The van der Waals surface area contributed by atoms with Crippen LogP contribution in [0.3, 0.4) is 0 Å². The van der Waals surface area contributed by atoms with Gasteiger partial charge < -0.3 is 14.7 Å². The average molecular weight is 491 g/mol. The van der Waals surface area contributed by atoms with Crippen molar-refractivity contribution in [2.45, 2.75) is 13.1 Å². The molecule has 0 amide bonds. The zero-order chi connectivity index (χ0) is 18.5.